The van der Waals surface area contributed by atoms with Gasteiger partial charge in [0, 0.05) is 29.2 Å². The van der Waals surface area contributed by atoms with Crippen LogP contribution in [-0.4, -0.2) is 37.9 Å². The Labute approximate surface area is 139 Å². The minimum absolute atomic E-state index is 0.380. The molecule has 1 aromatic carbocycles. The second kappa shape index (κ2) is 7.10. The fourth-order valence-electron chi connectivity index (χ4n) is 2.46. The van der Waals surface area contributed by atoms with Crippen molar-refractivity contribution < 1.29 is 19.0 Å². The molecule has 1 aliphatic heterocycles. The molecule has 0 spiro atoms. The van der Waals surface area contributed by atoms with Crippen LogP contribution in [0.1, 0.15) is 21.7 Å². The predicted molar refractivity (Wildman–Crippen MR) is 88.0 cm³/mol. The Hall–Kier alpha value is -1.92. The quantitative estimate of drug-likeness (QED) is 0.786. The van der Waals surface area contributed by atoms with E-state index in [4.69, 9.17) is 14.2 Å². The van der Waals surface area contributed by atoms with Crippen molar-refractivity contribution in [3.8, 4) is 16.3 Å². The maximum absolute atomic E-state index is 11.9. The molecular formula is C17H19NO4S. The second-order valence-electron chi connectivity index (χ2n) is 5.55. The number of nitrogens with zero attached hydrogens (tertiary/aromatic N) is 1. The Morgan fingerprint density at radius 3 is 2.96 bits per heavy atom. The number of aryl methyl sites for hydroxylation is 1. The zero-order chi connectivity index (χ0) is 16.2. The molecular weight excluding hydrogens is 314 g/mol. The Morgan fingerprint density at radius 1 is 1.43 bits per heavy atom. The Bertz CT molecular complexity index is 692. The first-order valence-corrected chi connectivity index (χ1v) is 8.34. The van der Waals surface area contributed by atoms with Gasteiger partial charge < -0.3 is 14.2 Å². The van der Waals surface area contributed by atoms with Gasteiger partial charge in [-0.05, 0) is 31.5 Å². The number of rotatable bonds is 5. The van der Waals surface area contributed by atoms with Crippen LogP contribution in [0.3, 0.4) is 0 Å². The van der Waals surface area contributed by atoms with Crippen molar-refractivity contribution in [1.29, 1.82) is 0 Å². The van der Waals surface area contributed by atoms with Gasteiger partial charge in [0.05, 0.1) is 25.9 Å². The number of aromatic nitrogens is 1. The molecule has 3 rings (SSSR count). The fourth-order valence-corrected chi connectivity index (χ4v) is 3.21. The maximum atomic E-state index is 11.9. The molecule has 1 atom stereocenters. The van der Waals surface area contributed by atoms with Gasteiger partial charge in [0.15, 0.2) is 0 Å². The van der Waals surface area contributed by atoms with Gasteiger partial charge in [-0.15, -0.1) is 11.3 Å². The van der Waals surface area contributed by atoms with Crippen LogP contribution in [0.2, 0.25) is 0 Å². The first kappa shape index (κ1) is 16.0. The summed E-state index contributed by atoms with van der Waals surface area (Å²) >= 11 is 1.58. The van der Waals surface area contributed by atoms with E-state index in [1.54, 1.807) is 23.5 Å². The molecule has 6 heteroatoms. The number of benzene rings is 1. The van der Waals surface area contributed by atoms with E-state index in [1.165, 1.54) is 7.11 Å². The van der Waals surface area contributed by atoms with Crippen LogP contribution < -0.4 is 4.74 Å². The Kier molecular flexibility index (Phi) is 4.93. The van der Waals surface area contributed by atoms with Crippen molar-refractivity contribution in [2.24, 2.45) is 5.92 Å². The highest BCUT2D eigenvalue weighted by Crippen LogP contribution is 2.30. The molecule has 23 heavy (non-hydrogen) atoms. The van der Waals surface area contributed by atoms with Crippen LogP contribution in [0.5, 0.6) is 5.75 Å². The Morgan fingerprint density at radius 2 is 2.30 bits per heavy atom. The maximum Gasteiger partial charge on any atom is 0.338 e. The lowest BCUT2D eigenvalue weighted by Gasteiger charge is -2.12. The van der Waals surface area contributed by atoms with Gasteiger partial charge in [-0.25, -0.2) is 9.78 Å². The molecule has 5 nitrogen and oxygen atoms in total. The van der Waals surface area contributed by atoms with E-state index in [9.17, 15) is 4.79 Å². The van der Waals surface area contributed by atoms with E-state index < -0.39 is 0 Å². The van der Waals surface area contributed by atoms with Crippen LogP contribution in [-0.2, 0) is 9.47 Å². The molecule has 0 N–H and O–H groups in total. The molecule has 0 saturated carbocycles. The van der Waals surface area contributed by atoms with Crippen LogP contribution in [0, 0.1) is 12.8 Å². The van der Waals surface area contributed by atoms with E-state index in [0.29, 0.717) is 23.8 Å². The summed E-state index contributed by atoms with van der Waals surface area (Å²) in [4.78, 5) is 17.4. The molecule has 1 aliphatic rings. The molecule has 0 amide bonds. The van der Waals surface area contributed by atoms with E-state index in [0.717, 1.165) is 35.1 Å². The minimum atomic E-state index is -0.380. The highest BCUT2D eigenvalue weighted by atomic mass is 32.1. The number of ether oxygens (including phenoxy) is 3. The van der Waals surface area contributed by atoms with Gasteiger partial charge in [-0.2, -0.15) is 0 Å². The van der Waals surface area contributed by atoms with Crippen LogP contribution in [0.25, 0.3) is 10.6 Å². The van der Waals surface area contributed by atoms with E-state index in [2.05, 4.69) is 4.98 Å². The van der Waals surface area contributed by atoms with Gasteiger partial charge in [0.1, 0.15) is 10.8 Å². The molecule has 2 aromatic rings. The predicted octanol–water partition coefficient (Wildman–Crippen LogP) is 3.32. The average molecular weight is 333 g/mol. The molecule has 0 aliphatic carbocycles. The summed E-state index contributed by atoms with van der Waals surface area (Å²) in [7, 11) is 1.37. The lowest BCUT2D eigenvalue weighted by atomic mass is 10.1. The summed E-state index contributed by atoms with van der Waals surface area (Å²) in [6.45, 7) is 4.11. The minimum Gasteiger partial charge on any atom is -0.493 e. The first-order chi connectivity index (χ1) is 11.2. The molecule has 2 heterocycles. The van der Waals surface area contributed by atoms with Crippen molar-refractivity contribution in [2.45, 2.75) is 13.3 Å². The van der Waals surface area contributed by atoms with Crippen molar-refractivity contribution in [2.75, 3.05) is 26.9 Å². The van der Waals surface area contributed by atoms with Gasteiger partial charge in [0.25, 0.3) is 0 Å². The molecule has 122 valence electrons. The topological polar surface area (TPSA) is 57.7 Å². The van der Waals surface area contributed by atoms with Crippen LogP contribution >= 0.6 is 11.3 Å². The normalized spacial score (nSPS) is 17.2. The van der Waals surface area contributed by atoms with Gasteiger partial charge >= 0.3 is 5.97 Å². The number of hydrogen-bond donors (Lipinski definition) is 0. The highest BCUT2D eigenvalue weighted by molar-refractivity contribution is 7.14. The van der Waals surface area contributed by atoms with Crippen LogP contribution in [0.4, 0.5) is 0 Å². The lowest BCUT2D eigenvalue weighted by molar-refractivity contribution is 0.0600. The fraction of sp³-hybridized carbons (Fsp3) is 0.412. The van der Waals surface area contributed by atoms with Crippen molar-refractivity contribution in [3.63, 3.8) is 0 Å². The summed E-state index contributed by atoms with van der Waals surface area (Å²) in [6.07, 6.45) is 2.83. The molecule has 1 fully saturated rings. The summed E-state index contributed by atoms with van der Waals surface area (Å²) in [5.74, 6) is 0.680. The standard InChI is InChI=1S/C17H19NO4S/c1-11-8-18-16(23-11)13-5-14(17(19)20-2)7-15(6-13)22-10-12-3-4-21-9-12/h5-8,12H,3-4,9-10H2,1-2H3/t12-/m0/s1. The van der Waals surface area contributed by atoms with E-state index >= 15 is 0 Å². The third-order valence-corrected chi connectivity index (χ3v) is 4.67. The smallest absolute Gasteiger partial charge is 0.338 e. The van der Waals surface area contributed by atoms with E-state index in [-0.39, 0.29) is 5.97 Å². The SMILES string of the molecule is COC(=O)c1cc(OC[C@H]2CCOC2)cc(-c2ncc(C)s2)c1. The van der Waals surface area contributed by atoms with Gasteiger partial charge in [-0.3, -0.25) is 0 Å². The number of methoxy groups -OCH3 is 1. The zero-order valence-electron chi connectivity index (χ0n) is 13.2. The second-order valence-corrected chi connectivity index (χ2v) is 6.79. The summed E-state index contributed by atoms with van der Waals surface area (Å²) < 4.78 is 16.1. The van der Waals surface area contributed by atoms with Gasteiger partial charge in [0.2, 0.25) is 0 Å². The van der Waals surface area contributed by atoms with Crippen molar-refractivity contribution in [1.82, 2.24) is 4.98 Å². The average Bonchev–Trinajstić information content (AvgIpc) is 3.23. The number of thiazole rings is 1. The van der Waals surface area contributed by atoms with Gasteiger partial charge in [-0.1, -0.05) is 0 Å². The monoisotopic (exact) mass is 333 g/mol. The number of hydrogen-bond acceptors (Lipinski definition) is 6. The Balaban J connectivity index is 1.86. The zero-order valence-corrected chi connectivity index (χ0v) is 14.0. The first-order valence-electron chi connectivity index (χ1n) is 7.52. The van der Waals surface area contributed by atoms with Crippen molar-refractivity contribution in [3.05, 3.63) is 34.8 Å². The third kappa shape index (κ3) is 3.89. The summed E-state index contributed by atoms with van der Waals surface area (Å²) in [6, 6.07) is 5.42. The van der Waals surface area contributed by atoms with E-state index in [1.807, 2.05) is 19.2 Å². The molecule has 0 unspecified atom stereocenters. The lowest BCUT2D eigenvalue weighted by Crippen LogP contribution is -2.12. The molecule has 0 bridgehead atoms. The third-order valence-electron chi connectivity index (χ3n) is 3.71. The molecule has 1 aromatic heterocycles. The summed E-state index contributed by atoms with van der Waals surface area (Å²) in [5.41, 5.74) is 1.33. The molecule has 1 saturated heterocycles. The van der Waals surface area contributed by atoms with Crippen molar-refractivity contribution >= 4 is 17.3 Å². The highest BCUT2D eigenvalue weighted by Gasteiger charge is 2.17. The largest absolute Gasteiger partial charge is 0.493 e. The molecule has 0 radical (unpaired) electrons. The number of carbonyl (C=O) groups excluding carboxylic acids is 1. The van der Waals surface area contributed by atoms with Crippen LogP contribution in [0.15, 0.2) is 24.4 Å². The number of carbonyl (C=O) groups is 1. The number of esters is 1. The summed E-state index contributed by atoms with van der Waals surface area (Å²) in [5, 5.41) is 0.863.